The first-order valence-electron chi connectivity index (χ1n) is 8.71. The van der Waals surface area contributed by atoms with Gasteiger partial charge < -0.3 is 14.8 Å². The fourth-order valence-corrected chi connectivity index (χ4v) is 3.57. The summed E-state index contributed by atoms with van der Waals surface area (Å²) in [4.78, 5) is 36.3. The molecule has 0 bridgehead atoms. The van der Waals surface area contributed by atoms with Crippen LogP contribution in [0.1, 0.15) is 5.56 Å². The second-order valence-electron chi connectivity index (χ2n) is 6.15. The van der Waals surface area contributed by atoms with Crippen molar-refractivity contribution in [3.05, 3.63) is 57.0 Å². The van der Waals surface area contributed by atoms with Crippen molar-refractivity contribution in [1.29, 1.82) is 0 Å². The number of amides is 3. The first-order valence-corrected chi connectivity index (χ1v) is 10.3. The van der Waals surface area contributed by atoms with Crippen molar-refractivity contribution >= 4 is 74.3 Å². The Kier molecular flexibility index (Phi) is 7.26. The van der Waals surface area contributed by atoms with Gasteiger partial charge in [-0.25, -0.2) is 0 Å². The number of thiocarbonyl (C=S) groups is 1. The lowest BCUT2D eigenvalue weighted by atomic mass is 10.1. The number of carbonyl (C=O) groups is 3. The van der Waals surface area contributed by atoms with Gasteiger partial charge in [0.1, 0.15) is 5.57 Å². The van der Waals surface area contributed by atoms with E-state index in [9.17, 15) is 14.4 Å². The summed E-state index contributed by atoms with van der Waals surface area (Å²) in [6.07, 6.45) is 1.38. The molecule has 0 radical (unpaired) electrons. The van der Waals surface area contributed by atoms with E-state index in [1.807, 2.05) is 0 Å². The molecule has 160 valence electrons. The van der Waals surface area contributed by atoms with E-state index in [1.165, 1.54) is 13.2 Å². The molecular weight excluding hydrogens is 510 g/mol. The number of carbonyl (C=O) groups excluding carboxylic acids is 3. The highest BCUT2D eigenvalue weighted by molar-refractivity contribution is 9.10. The van der Waals surface area contributed by atoms with Crippen molar-refractivity contribution in [3.63, 3.8) is 0 Å². The minimum absolute atomic E-state index is 0.0512. The summed E-state index contributed by atoms with van der Waals surface area (Å²) in [6, 6.07) is 10.0. The molecule has 31 heavy (non-hydrogen) atoms. The number of methoxy groups -OCH3 is 1. The lowest BCUT2D eigenvalue weighted by molar-refractivity contribution is -0.123. The highest BCUT2D eigenvalue weighted by Crippen LogP contribution is 2.37. The quantitative estimate of drug-likeness (QED) is 0.305. The third kappa shape index (κ3) is 5.60. The van der Waals surface area contributed by atoms with Crippen LogP contribution in [0.4, 0.5) is 5.69 Å². The number of para-hydroxylation sites is 1. The predicted molar refractivity (Wildman–Crippen MR) is 123 cm³/mol. The van der Waals surface area contributed by atoms with Gasteiger partial charge in [0.15, 0.2) is 23.2 Å². The van der Waals surface area contributed by atoms with Crippen molar-refractivity contribution < 1.29 is 23.9 Å². The molecule has 11 heteroatoms. The highest BCUT2D eigenvalue weighted by atomic mass is 79.9. The van der Waals surface area contributed by atoms with Crippen LogP contribution in [0.15, 0.2) is 46.4 Å². The zero-order valence-electron chi connectivity index (χ0n) is 16.0. The van der Waals surface area contributed by atoms with Crippen molar-refractivity contribution in [3.8, 4) is 11.5 Å². The van der Waals surface area contributed by atoms with E-state index in [0.717, 1.165) is 0 Å². The second kappa shape index (κ2) is 9.90. The van der Waals surface area contributed by atoms with Crippen molar-refractivity contribution in [2.45, 2.75) is 0 Å². The van der Waals surface area contributed by atoms with Crippen LogP contribution in [0.25, 0.3) is 6.08 Å². The maximum Gasteiger partial charge on any atom is 0.263 e. The van der Waals surface area contributed by atoms with Gasteiger partial charge in [-0.2, -0.15) is 0 Å². The molecule has 3 amide bonds. The Bertz CT molecular complexity index is 1100. The van der Waals surface area contributed by atoms with Gasteiger partial charge in [0.05, 0.1) is 22.3 Å². The van der Waals surface area contributed by atoms with Crippen molar-refractivity contribution in [1.82, 2.24) is 10.6 Å². The number of hydrogen-bond acceptors (Lipinski definition) is 6. The number of ether oxygens (including phenoxy) is 2. The molecule has 0 atom stereocenters. The van der Waals surface area contributed by atoms with Gasteiger partial charge in [-0.1, -0.05) is 23.7 Å². The highest BCUT2D eigenvalue weighted by Gasteiger charge is 2.26. The van der Waals surface area contributed by atoms with Crippen LogP contribution in [0.2, 0.25) is 5.02 Å². The van der Waals surface area contributed by atoms with E-state index >= 15 is 0 Å². The first kappa shape index (κ1) is 22.7. The Labute approximate surface area is 196 Å². The zero-order chi connectivity index (χ0) is 22.5. The van der Waals surface area contributed by atoms with Gasteiger partial charge in [-0.3, -0.25) is 25.0 Å². The maximum absolute atomic E-state index is 12.2. The normalized spacial score (nSPS) is 13.3. The molecule has 3 N–H and O–H groups in total. The van der Waals surface area contributed by atoms with E-state index in [2.05, 4.69) is 31.9 Å². The molecular formula is C20H15BrClN3O5S. The fraction of sp³-hybridized carbons (Fsp3) is 0.100. The molecule has 8 nitrogen and oxygen atoms in total. The van der Waals surface area contributed by atoms with E-state index < -0.39 is 17.7 Å². The lowest BCUT2D eigenvalue weighted by Gasteiger charge is -2.17. The number of rotatable bonds is 6. The number of anilines is 1. The monoisotopic (exact) mass is 523 g/mol. The molecule has 0 aliphatic carbocycles. The molecule has 1 aliphatic heterocycles. The SMILES string of the molecule is COc1cc(C=C2C(=O)NC(=S)NC2=O)cc(Br)c1OCC(=O)Nc1ccccc1Cl. The van der Waals surface area contributed by atoms with Crippen LogP contribution in [-0.4, -0.2) is 36.6 Å². The molecule has 1 heterocycles. The van der Waals surface area contributed by atoms with Gasteiger partial charge in [0.25, 0.3) is 17.7 Å². The Morgan fingerprint density at radius 1 is 1.23 bits per heavy atom. The van der Waals surface area contributed by atoms with Crippen LogP contribution in [-0.2, 0) is 14.4 Å². The third-order valence-electron chi connectivity index (χ3n) is 4.00. The second-order valence-corrected chi connectivity index (χ2v) is 7.82. The van der Waals surface area contributed by atoms with Crippen LogP contribution in [0.3, 0.4) is 0 Å². The minimum Gasteiger partial charge on any atom is -0.493 e. The molecule has 0 saturated carbocycles. The predicted octanol–water partition coefficient (Wildman–Crippen LogP) is 3.04. The van der Waals surface area contributed by atoms with Crippen LogP contribution in [0, 0.1) is 0 Å². The topological polar surface area (TPSA) is 106 Å². The molecule has 1 aliphatic rings. The summed E-state index contributed by atoms with van der Waals surface area (Å²) >= 11 is 14.2. The summed E-state index contributed by atoms with van der Waals surface area (Å²) in [6.45, 7) is -0.303. The third-order valence-corrected chi connectivity index (χ3v) is 5.12. The smallest absolute Gasteiger partial charge is 0.263 e. The van der Waals surface area contributed by atoms with Gasteiger partial charge >= 0.3 is 0 Å². The van der Waals surface area contributed by atoms with Crippen LogP contribution >= 0.6 is 39.7 Å². The molecule has 1 saturated heterocycles. The average Bonchev–Trinajstić information content (AvgIpc) is 2.71. The van der Waals surface area contributed by atoms with Gasteiger partial charge in [0.2, 0.25) is 0 Å². The maximum atomic E-state index is 12.2. The molecule has 3 rings (SSSR count). The van der Waals surface area contributed by atoms with Crippen LogP contribution in [0.5, 0.6) is 11.5 Å². The van der Waals surface area contributed by atoms with E-state index in [0.29, 0.717) is 26.5 Å². The lowest BCUT2D eigenvalue weighted by Crippen LogP contribution is -2.51. The Morgan fingerprint density at radius 3 is 2.55 bits per heavy atom. The van der Waals surface area contributed by atoms with Crippen molar-refractivity contribution in [2.24, 2.45) is 0 Å². The van der Waals surface area contributed by atoms with Crippen molar-refractivity contribution in [2.75, 3.05) is 19.0 Å². The zero-order valence-corrected chi connectivity index (χ0v) is 19.1. The van der Waals surface area contributed by atoms with E-state index in [1.54, 1.807) is 36.4 Å². The first-order chi connectivity index (χ1) is 14.8. The molecule has 0 spiro atoms. The minimum atomic E-state index is -0.611. The summed E-state index contributed by atoms with van der Waals surface area (Å²) in [7, 11) is 1.42. The number of benzene rings is 2. The van der Waals surface area contributed by atoms with Gasteiger partial charge in [-0.05, 0) is 64.1 Å². The number of nitrogens with one attached hydrogen (secondary N) is 3. The Hall–Kier alpha value is -2.95. The molecule has 0 aromatic heterocycles. The van der Waals surface area contributed by atoms with Gasteiger partial charge in [-0.15, -0.1) is 0 Å². The average molecular weight is 525 g/mol. The molecule has 2 aromatic rings. The van der Waals surface area contributed by atoms with E-state index in [-0.39, 0.29) is 23.0 Å². The fourth-order valence-electron chi connectivity index (χ4n) is 2.62. The standard InChI is InChI=1S/C20H15BrClN3O5S/c1-29-15-8-10(6-11-18(27)24-20(31)25-19(11)28)7-12(21)17(15)30-9-16(26)23-14-5-3-2-4-13(14)22/h2-8H,9H2,1H3,(H,23,26)(H2,24,25,27,28,31). The largest absolute Gasteiger partial charge is 0.493 e. The van der Waals surface area contributed by atoms with E-state index in [4.69, 9.17) is 33.3 Å². The Balaban J connectivity index is 1.77. The molecule has 2 aromatic carbocycles. The summed E-state index contributed by atoms with van der Waals surface area (Å²) in [5.41, 5.74) is 0.842. The summed E-state index contributed by atoms with van der Waals surface area (Å²) < 4.78 is 11.4. The molecule has 1 fully saturated rings. The number of halogens is 2. The summed E-state index contributed by atoms with van der Waals surface area (Å²) in [5, 5.41) is 7.73. The summed E-state index contributed by atoms with van der Waals surface area (Å²) in [5.74, 6) is -1.07. The number of hydrogen-bond donors (Lipinski definition) is 3. The Morgan fingerprint density at radius 2 is 1.90 bits per heavy atom. The van der Waals surface area contributed by atoms with Crippen LogP contribution < -0.4 is 25.4 Å². The van der Waals surface area contributed by atoms with Gasteiger partial charge in [0, 0.05) is 0 Å². The molecule has 0 unspecified atom stereocenters.